The lowest BCUT2D eigenvalue weighted by Crippen LogP contribution is -2.59. The van der Waals surface area contributed by atoms with Crippen molar-refractivity contribution < 1.29 is 42.7 Å². The minimum atomic E-state index is -0.850. The topological polar surface area (TPSA) is 156 Å². The lowest BCUT2D eigenvalue weighted by molar-refractivity contribution is -0.913. The van der Waals surface area contributed by atoms with E-state index in [1.54, 1.807) is 23.1 Å². The van der Waals surface area contributed by atoms with Gasteiger partial charge in [-0.3, -0.25) is 29.1 Å². The number of quaternary nitrogens is 1. The number of carbonyl (C=O) groups is 5. The number of Topliss-reactive ketones (excluding diaryl/α,β-unsaturated/α-hetero) is 1. The molecular weight excluding hydrogens is 644 g/mol. The van der Waals surface area contributed by atoms with Crippen molar-refractivity contribution in [2.75, 3.05) is 72.6 Å². The maximum atomic E-state index is 13.3. The van der Waals surface area contributed by atoms with Gasteiger partial charge >= 0.3 is 6.09 Å². The van der Waals surface area contributed by atoms with Gasteiger partial charge in [0.05, 0.1) is 70.1 Å². The Bertz CT molecular complexity index is 1560. The number of ether oxygens (including phenoxy) is 3. The number of benzene rings is 1. The van der Waals surface area contributed by atoms with Crippen LogP contribution in [0.25, 0.3) is 10.9 Å². The molecule has 50 heavy (non-hydrogen) atoms. The van der Waals surface area contributed by atoms with Crippen LogP contribution in [0.3, 0.4) is 0 Å². The van der Waals surface area contributed by atoms with Crippen LogP contribution in [0.1, 0.15) is 63.2 Å². The van der Waals surface area contributed by atoms with Gasteiger partial charge in [-0.2, -0.15) is 0 Å². The molecule has 3 saturated heterocycles. The molecule has 1 aromatic heterocycles. The fraction of sp³-hybridized carbons (Fsp3) is 0.611. The Hall–Kier alpha value is -4.30. The number of hydrogen-bond donors (Lipinski definition) is 2. The van der Waals surface area contributed by atoms with Crippen molar-refractivity contribution in [2.24, 2.45) is 0 Å². The summed E-state index contributed by atoms with van der Waals surface area (Å²) in [5.74, 6) is -1.65. The van der Waals surface area contributed by atoms with Crippen molar-refractivity contribution in [1.29, 1.82) is 0 Å². The second kappa shape index (κ2) is 16.2. The van der Waals surface area contributed by atoms with Gasteiger partial charge in [0.25, 0.3) is 11.8 Å². The van der Waals surface area contributed by atoms with Crippen LogP contribution >= 0.6 is 0 Å². The SMILES string of the molecule is CC(C)(C)OC(=O)N1CC[N+](C)(CCCOc2ccc3nccc(C(=O)NCC(=O)N4CCC[C@H]4C(=O)C(=O)NC[C@@H]4CCCO4)c3c2)CC1. The standard InChI is InChI=1S/C36H50N6O8/c1-36(2,3)50-35(47)40-15-18-42(4,19-16-40)17-7-21-48-25-10-11-29-28(22-25)27(12-13-37-29)33(45)39-24-31(43)41-14-5-9-30(41)32(44)34(46)38-23-26-8-6-20-49-26/h10-13,22,26,30H,5-9,14-21,23-24H2,1-4H3,(H-,38,39,45,46)/p+1/t26-,30-/m0/s1. The summed E-state index contributed by atoms with van der Waals surface area (Å²) >= 11 is 0. The van der Waals surface area contributed by atoms with Crippen molar-refractivity contribution >= 4 is 40.5 Å². The van der Waals surface area contributed by atoms with Crippen LogP contribution in [-0.2, 0) is 23.9 Å². The predicted molar refractivity (Wildman–Crippen MR) is 185 cm³/mol. The third-order valence-electron chi connectivity index (χ3n) is 9.55. The molecule has 4 heterocycles. The molecule has 2 N–H and O–H groups in total. The summed E-state index contributed by atoms with van der Waals surface area (Å²) in [7, 11) is 2.19. The van der Waals surface area contributed by atoms with Crippen LogP contribution < -0.4 is 15.4 Å². The third-order valence-corrected chi connectivity index (χ3v) is 9.55. The first-order valence-corrected chi connectivity index (χ1v) is 17.7. The first-order valence-electron chi connectivity index (χ1n) is 17.7. The van der Waals surface area contributed by atoms with E-state index < -0.39 is 35.1 Å². The van der Waals surface area contributed by atoms with Gasteiger partial charge in [-0.15, -0.1) is 0 Å². The van der Waals surface area contributed by atoms with Gasteiger partial charge in [0, 0.05) is 37.7 Å². The molecule has 14 nitrogen and oxygen atoms in total. The van der Waals surface area contributed by atoms with E-state index in [-0.39, 0.29) is 25.3 Å². The minimum Gasteiger partial charge on any atom is -0.493 e. The highest BCUT2D eigenvalue weighted by atomic mass is 16.6. The Morgan fingerprint density at radius 1 is 1.02 bits per heavy atom. The number of aromatic nitrogens is 1. The molecule has 2 atom stereocenters. The fourth-order valence-corrected chi connectivity index (χ4v) is 6.67. The average Bonchev–Trinajstić information content (AvgIpc) is 3.80. The molecule has 0 unspecified atom stereocenters. The number of carbonyl (C=O) groups excluding carboxylic acids is 5. The number of likely N-dealkylation sites (tertiary alicyclic amines) is 1. The number of nitrogens with zero attached hydrogens (tertiary/aromatic N) is 4. The minimum absolute atomic E-state index is 0.0914. The zero-order valence-electron chi connectivity index (χ0n) is 29.7. The number of fused-ring (bicyclic) bond motifs is 1. The van der Waals surface area contributed by atoms with E-state index in [1.165, 1.54) is 11.1 Å². The van der Waals surface area contributed by atoms with Gasteiger partial charge in [-0.05, 0) is 70.7 Å². The maximum absolute atomic E-state index is 13.3. The quantitative estimate of drug-likeness (QED) is 0.193. The molecule has 14 heteroatoms. The highest BCUT2D eigenvalue weighted by molar-refractivity contribution is 6.38. The second-order valence-corrected chi connectivity index (χ2v) is 14.6. The van der Waals surface area contributed by atoms with E-state index in [4.69, 9.17) is 14.2 Å². The first kappa shape index (κ1) is 37.0. The Balaban J connectivity index is 1.10. The molecule has 0 aliphatic carbocycles. The largest absolute Gasteiger partial charge is 0.493 e. The molecule has 0 bridgehead atoms. The highest BCUT2D eigenvalue weighted by Crippen LogP contribution is 2.24. The number of amides is 4. The zero-order valence-corrected chi connectivity index (χ0v) is 29.7. The van der Waals surface area contributed by atoms with E-state index in [0.717, 1.165) is 43.4 Å². The van der Waals surface area contributed by atoms with Crippen molar-refractivity contribution in [2.45, 2.75) is 70.6 Å². The van der Waals surface area contributed by atoms with E-state index in [0.29, 0.717) is 67.9 Å². The van der Waals surface area contributed by atoms with E-state index in [9.17, 15) is 24.0 Å². The Morgan fingerprint density at radius 2 is 1.80 bits per heavy atom. The maximum Gasteiger partial charge on any atom is 0.410 e. The van der Waals surface area contributed by atoms with Crippen LogP contribution in [0, 0.1) is 0 Å². The highest BCUT2D eigenvalue weighted by Gasteiger charge is 2.37. The molecule has 3 fully saturated rings. The molecule has 0 spiro atoms. The van der Waals surface area contributed by atoms with Gasteiger partial charge in [0.1, 0.15) is 17.4 Å². The van der Waals surface area contributed by atoms with Crippen LogP contribution in [0.4, 0.5) is 4.79 Å². The van der Waals surface area contributed by atoms with Gasteiger partial charge in [0.2, 0.25) is 11.7 Å². The first-order chi connectivity index (χ1) is 23.8. The lowest BCUT2D eigenvalue weighted by Gasteiger charge is -2.42. The number of nitrogens with one attached hydrogen (secondary N) is 2. The van der Waals surface area contributed by atoms with E-state index in [1.807, 2.05) is 26.8 Å². The summed E-state index contributed by atoms with van der Waals surface area (Å²) in [5, 5.41) is 5.92. The molecule has 3 aliphatic rings. The van der Waals surface area contributed by atoms with Gasteiger partial charge in [-0.25, -0.2) is 4.79 Å². The monoisotopic (exact) mass is 695 g/mol. The summed E-state index contributed by atoms with van der Waals surface area (Å²) in [5.41, 5.74) is 0.437. The number of likely N-dealkylation sites (N-methyl/N-ethyl adjacent to an activating group) is 1. The van der Waals surface area contributed by atoms with Crippen LogP contribution in [0.2, 0.25) is 0 Å². The Morgan fingerprint density at radius 3 is 2.52 bits per heavy atom. The average molecular weight is 696 g/mol. The van der Waals surface area contributed by atoms with Gasteiger partial charge in [0.15, 0.2) is 0 Å². The molecule has 3 aliphatic heterocycles. The Kier molecular flexibility index (Phi) is 11.9. The molecule has 1 aromatic carbocycles. The summed E-state index contributed by atoms with van der Waals surface area (Å²) in [6.45, 7) is 10.9. The van der Waals surface area contributed by atoms with Crippen molar-refractivity contribution in [3.05, 3.63) is 36.0 Å². The normalized spacial score (nSPS) is 20.4. The van der Waals surface area contributed by atoms with Crippen LogP contribution in [0.15, 0.2) is 30.5 Å². The lowest BCUT2D eigenvalue weighted by atomic mass is 10.1. The summed E-state index contributed by atoms with van der Waals surface area (Å²) in [6, 6.07) is 6.13. The number of ketones is 1. The fourth-order valence-electron chi connectivity index (χ4n) is 6.67. The summed E-state index contributed by atoms with van der Waals surface area (Å²) < 4.78 is 17.9. The molecule has 4 amide bonds. The van der Waals surface area contributed by atoms with E-state index in [2.05, 4.69) is 22.7 Å². The van der Waals surface area contributed by atoms with Crippen LogP contribution in [-0.4, -0.2) is 139 Å². The summed E-state index contributed by atoms with van der Waals surface area (Å²) in [4.78, 5) is 71.8. The third kappa shape index (κ3) is 9.69. The molecule has 0 radical (unpaired) electrons. The number of pyridine rings is 1. The van der Waals surface area contributed by atoms with Crippen LogP contribution in [0.5, 0.6) is 5.75 Å². The molecule has 5 rings (SSSR count). The molecular formula is C36H51N6O8+. The van der Waals surface area contributed by atoms with Crippen molar-refractivity contribution in [1.82, 2.24) is 25.4 Å². The number of hydrogen-bond acceptors (Lipinski definition) is 9. The van der Waals surface area contributed by atoms with Crippen molar-refractivity contribution in [3.8, 4) is 5.75 Å². The summed E-state index contributed by atoms with van der Waals surface area (Å²) in [6.07, 6.45) is 4.74. The zero-order chi connectivity index (χ0) is 35.9. The molecule has 2 aromatic rings. The van der Waals surface area contributed by atoms with E-state index >= 15 is 0 Å². The molecule has 272 valence electrons. The Labute approximate surface area is 293 Å². The second-order valence-electron chi connectivity index (χ2n) is 14.6. The number of piperazine rings is 1. The smallest absolute Gasteiger partial charge is 0.410 e. The van der Waals surface area contributed by atoms with Crippen molar-refractivity contribution in [3.63, 3.8) is 0 Å². The number of rotatable bonds is 12. The van der Waals surface area contributed by atoms with Gasteiger partial charge in [-0.1, -0.05) is 0 Å². The van der Waals surface area contributed by atoms with Gasteiger partial charge < -0.3 is 34.2 Å². The molecule has 0 saturated carbocycles. The predicted octanol–water partition coefficient (Wildman–Crippen LogP) is 2.29.